The van der Waals surface area contributed by atoms with Crippen molar-refractivity contribution in [3.63, 3.8) is 0 Å². The van der Waals surface area contributed by atoms with Crippen molar-refractivity contribution >= 4 is 17.9 Å². The molecule has 0 aliphatic rings. The molecule has 0 amide bonds. The van der Waals surface area contributed by atoms with Gasteiger partial charge in [-0.2, -0.15) is 0 Å². The highest BCUT2D eigenvalue weighted by Gasteiger charge is 2.19. The second kappa shape index (κ2) is 69.5. The Kier molecular flexibility index (Phi) is 65.4. The molecule has 0 N–H and O–H groups in total. The molecule has 0 spiro atoms. The van der Waals surface area contributed by atoms with E-state index in [0.29, 0.717) is 19.3 Å². The third kappa shape index (κ3) is 67.7. The number of unbranched alkanes of at least 4 members (excludes halogenated alkanes) is 23. The van der Waals surface area contributed by atoms with Crippen molar-refractivity contribution in [2.45, 2.75) is 297 Å². The lowest BCUT2D eigenvalue weighted by Gasteiger charge is -2.18. The van der Waals surface area contributed by atoms with Gasteiger partial charge in [0.05, 0.1) is 0 Å². The number of carbonyl (C=O) groups excluding carboxylic acids is 3. The number of hydrogen-bond acceptors (Lipinski definition) is 6. The van der Waals surface area contributed by atoms with Crippen LogP contribution in [0.2, 0.25) is 0 Å². The fourth-order valence-electron chi connectivity index (χ4n) is 9.04. The van der Waals surface area contributed by atoms with Crippen LogP contribution in [0.25, 0.3) is 0 Å². The number of allylic oxidation sites excluding steroid dienone is 26. The second-order valence-electron chi connectivity index (χ2n) is 21.9. The lowest BCUT2D eigenvalue weighted by atomic mass is 10.1. The van der Waals surface area contributed by atoms with Gasteiger partial charge in [-0.15, -0.1) is 0 Å². The Morgan fingerprint density at radius 1 is 0.241 bits per heavy atom. The Bertz CT molecular complexity index is 1840. The first kappa shape index (κ1) is 78.0. The molecular weight excluding hydrogens is 1020 g/mol. The zero-order valence-electron chi connectivity index (χ0n) is 53.7. The Morgan fingerprint density at radius 2 is 0.434 bits per heavy atom. The maximum atomic E-state index is 12.9. The average Bonchev–Trinajstić information content (AvgIpc) is 3.49. The molecule has 0 heterocycles. The first-order valence-corrected chi connectivity index (χ1v) is 34.0. The summed E-state index contributed by atoms with van der Waals surface area (Å²) >= 11 is 0. The number of hydrogen-bond donors (Lipinski definition) is 0. The van der Waals surface area contributed by atoms with E-state index in [1.165, 1.54) is 89.9 Å². The summed E-state index contributed by atoms with van der Waals surface area (Å²) in [6.07, 6.45) is 101. The van der Waals surface area contributed by atoms with Crippen LogP contribution in [0.15, 0.2) is 158 Å². The molecule has 0 aliphatic carbocycles. The van der Waals surface area contributed by atoms with Crippen molar-refractivity contribution in [2.24, 2.45) is 0 Å². The minimum absolute atomic E-state index is 0.0949. The number of esters is 3. The van der Waals surface area contributed by atoms with E-state index in [0.717, 1.165) is 161 Å². The molecule has 6 heteroatoms. The van der Waals surface area contributed by atoms with Gasteiger partial charge in [0.1, 0.15) is 13.2 Å². The Hall–Kier alpha value is -4.97. The fraction of sp³-hybridized carbons (Fsp3) is 0.623. The van der Waals surface area contributed by atoms with E-state index in [4.69, 9.17) is 14.2 Å². The van der Waals surface area contributed by atoms with Crippen LogP contribution >= 0.6 is 0 Å². The third-order valence-electron chi connectivity index (χ3n) is 14.0. The molecule has 0 aromatic heterocycles. The standard InChI is InChI=1S/C77H124O6/c1-4-7-10-13-16-19-22-25-28-31-33-34-35-36-37-38-39-40-41-42-44-46-49-52-55-58-61-64-67-70-76(79)82-73-74(72-81-75(78)69-66-63-60-57-54-51-48-45-30-27-24-21-18-15-12-9-6-3)83-77(80)71-68-65-62-59-56-53-50-47-43-32-29-26-23-20-17-14-11-8-5-2/h7-12,16-21,25-30,33-34,36-37,39-40,43,47,74H,4-6,13-15,22-24,31-32,35,38,41-42,44-46,48-73H2,1-3H3/b10-7-,11-8-,12-9-,19-16-,20-17-,21-18-,28-25-,29-26-,30-27-,34-33-,37-36-,40-39-,47-43-. The molecule has 0 rings (SSSR count). The Labute approximate surface area is 511 Å². The van der Waals surface area contributed by atoms with Gasteiger partial charge in [-0.05, 0) is 141 Å². The van der Waals surface area contributed by atoms with Crippen LogP contribution < -0.4 is 0 Å². The van der Waals surface area contributed by atoms with Gasteiger partial charge in [-0.1, -0.05) is 288 Å². The maximum Gasteiger partial charge on any atom is 0.306 e. The quantitative estimate of drug-likeness (QED) is 0.0261. The van der Waals surface area contributed by atoms with Gasteiger partial charge < -0.3 is 14.2 Å². The van der Waals surface area contributed by atoms with E-state index in [-0.39, 0.29) is 31.1 Å². The van der Waals surface area contributed by atoms with Crippen molar-refractivity contribution in [2.75, 3.05) is 13.2 Å². The summed E-state index contributed by atoms with van der Waals surface area (Å²) in [5.41, 5.74) is 0. The zero-order valence-corrected chi connectivity index (χ0v) is 53.7. The smallest absolute Gasteiger partial charge is 0.306 e. The molecule has 0 radical (unpaired) electrons. The van der Waals surface area contributed by atoms with Crippen LogP contribution in [0.5, 0.6) is 0 Å². The molecule has 1 unspecified atom stereocenters. The molecule has 6 nitrogen and oxygen atoms in total. The SMILES string of the molecule is CC/C=C\C/C=C\C/C=C\C/C=C\C/C=C\C/C=C\CCCCCCCCCCCCC(=O)OCC(COC(=O)CCCCCCCCC/C=C\C/C=C\C/C=C\CC)OC(=O)CCCCCCCC/C=C\C/C=C\C/C=C\C/C=C\CC. The van der Waals surface area contributed by atoms with E-state index >= 15 is 0 Å². The van der Waals surface area contributed by atoms with E-state index in [1.807, 2.05) is 0 Å². The summed E-state index contributed by atoms with van der Waals surface area (Å²) < 4.78 is 17.0. The van der Waals surface area contributed by atoms with Crippen LogP contribution in [0.4, 0.5) is 0 Å². The van der Waals surface area contributed by atoms with Crippen molar-refractivity contribution in [1.82, 2.24) is 0 Å². The monoisotopic (exact) mass is 1140 g/mol. The molecule has 468 valence electrons. The summed E-state index contributed by atoms with van der Waals surface area (Å²) in [7, 11) is 0. The number of rotatable bonds is 60. The number of ether oxygens (including phenoxy) is 3. The summed E-state index contributed by atoms with van der Waals surface area (Å²) in [5.74, 6) is -0.921. The number of carbonyl (C=O) groups is 3. The molecular formula is C77H124O6. The van der Waals surface area contributed by atoms with Crippen LogP contribution in [0, 0.1) is 0 Å². The van der Waals surface area contributed by atoms with Gasteiger partial charge in [0, 0.05) is 19.3 Å². The molecule has 0 saturated carbocycles. The summed E-state index contributed by atoms with van der Waals surface area (Å²) in [6.45, 7) is 6.29. The van der Waals surface area contributed by atoms with Gasteiger partial charge in [0.2, 0.25) is 0 Å². The highest BCUT2D eigenvalue weighted by molar-refractivity contribution is 5.71. The van der Waals surface area contributed by atoms with Crippen molar-refractivity contribution in [1.29, 1.82) is 0 Å². The lowest BCUT2D eigenvalue weighted by Crippen LogP contribution is -2.30. The Morgan fingerprint density at radius 3 is 0.675 bits per heavy atom. The van der Waals surface area contributed by atoms with E-state index in [1.54, 1.807) is 0 Å². The van der Waals surface area contributed by atoms with Gasteiger partial charge in [0.25, 0.3) is 0 Å². The summed E-state index contributed by atoms with van der Waals surface area (Å²) in [5, 5.41) is 0. The maximum absolute atomic E-state index is 12.9. The van der Waals surface area contributed by atoms with E-state index in [2.05, 4.69) is 179 Å². The summed E-state index contributed by atoms with van der Waals surface area (Å²) in [6, 6.07) is 0. The zero-order chi connectivity index (χ0) is 59.9. The highest BCUT2D eigenvalue weighted by Crippen LogP contribution is 2.16. The van der Waals surface area contributed by atoms with Crippen LogP contribution in [-0.2, 0) is 28.6 Å². The van der Waals surface area contributed by atoms with Crippen LogP contribution in [0.3, 0.4) is 0 Å². The molecule has 0 bridgehead atoms. The molecule has 0 aromatic rings. The van der Waals surface area contributed by atoms with E-state index < -0.39 is 6.10 Å². The van der Waals surface area contributed by atoms with Crippen molar-refractivity contribution in [3.8, 4) is 0 Å². The van der Waals surface area contributed by atoms with Gasteiger partial charge in [-0.25, -0.2) is 0 Å². The topological polar surface area (TPSA) is 78.9 Å². The van der Waals surface area contributed by atoms with Gasteiger partial charge >= 0.3 is 17.9 Å². The first-order chi connectivity index (χ1) is 41.0. The molecule has 0 aliphatic heterocycles. The predicted octanol–water partition coefficient (Wildman–Crippen LogP) is 23.7. The third-order valence-corrected chi connectivity index (χ3v) is 14.0. The highest BCUT2D eigenvalue weighted by atomic mass is 16.6. The molecule has 1 atom stereocenters. The summed E-state index contributed by atoms with van der Waals surface area (Å²) in [4.78, 5) is 38.4. The van der Waals surface area contributed by atoms with Crippen LogP contribution in [0.1, 0.15) is 290 Å². The van der Waals surface area contributed by atoms with Crippen molar-refractivity contribution in [3.05, 3.63) is 158 Å². The van der Waals surface area contributed by atoms with Gasteiger partial charge in [0.15, 0.2) is 6.10 Å². The van der Waals surface area contributed by atoms with Crippen molar-refractivity contribution < 1.29 is 28.6 Å². The average molecular weight is 1150 g/mol. The predicted molar refractivity (Wildman–Crippen MR) is 362 cm³/mol. The molecule has 0 saturated heterocycles. The molecule has 0 aromatic carbocycles. The molecule has 83 heavy (non-hydrogen) atoms. The van der Waals surface area contributed by atoms with Crippen LogP contribution in [-0.4, -0.2) is 37.2 Å². The largest absolute Gasteiger partial charge is 0.462 e. The second-order valence-corrected chi connectivity index (χ2v) is 21.9. The van der Waals surface area contributed by atoms with E-state index in [9.17, 15) is 14.4 Å². The minimum atomic E-state index is -0.801. The normalized spacial score (nSPS) is 13.1. The minimum Gasteiger partial charge on any atom is -0.462 e. The Balaban J connectivity index is 4.40. The molecule has 0 fully saturated rings. The first-order valence-electron chi connectivity index (χ1n) is 34.0. The van der Waals surface area contributed by atoms with Gasteiger partial charge in [-0.3, -0.25) is 14.4 Å². The fourth-order valence-corrected chi connectivity index (χ4v) is 9.04. The lowest BCUT2D eigenvalue weighted by molar-refractivity contribution is -0.167.